The molecule has 2 aromatic rings. The summed E-state index contributed by atoms with van der Waals surface area (Å²) >= 11 is 0. The second-order valence-corrected chi connectivity index (χ2v) is 17.6. The lowest BCUT2D eigenvalue weighted by atomic mass is 9.31. The largest absolute Gasteiger partial charge is 0.496 e. The first-order valence-electron chi connectivity index (χ1n) is 20.2. The molecule has 6 rings (SSSR count). The first kappa shape index (κ1) is 41.0. The van der Waals surface area contributed by atoms with E-state index < -0.39 is 23.3 Å². The molecule has 302 valence electrons. The van der Waals surface area contributed by atoms with Gasteiger partial charge in [0.25, 0.3) is 5.91 Å². The van der Waals surface area contributed by atoms with Crippen LogP contribution >= 0.6 is 0 Å². The van der Waals surface area contributed by atoms with Gasteiger partial charge in [-0.1, -0.05) is 19.9 Å². The summed E-state index contributed by atoms with van der Waals surface area (Å²) in [6.07, 6.45) is 6.88. The zero-order chi connectivity index (χ0) is 39.7. The molecule has 1 amide bonds. The summed E-state index contributed by atoms with van der Waals surface area (Å²) in [5.74, 6) is 3.10. The molecule has 4 fully saturated rings. The third kappa shape index (κ3) is 7.87. The molecule has 5 N–H and O–H groups in total. The molecule has 4 saturated carbocycles. The van der Waals surface area contributed by atoms with Crippen molar-refractivity contribution >= 4 is 17.3 Å². The van der Waals surface area contributed by atoms with E-state index in [-0.39, 0.29) is 28.9 Å². The number of methoxy groups -OCH3 is 2. The minimum absolute atomic E-state index is 0.0315. The molecule has 11 heteroatoms. The number of carbonyl (C=O) groups is 1. The summed E-state index contributed by atoms with van der Waals surface area (Å²) in [4.78, 5) is 21.9. The molecule has 0 radical (unpaired) electrons. The number of aliphatic imine (C=N–C) groups is 1. The third-order valence-corrected chi connectivity index (χ3v) is 12.8. The highest BCUT2D eigenvalue weighted by molar-refractivity contribution is 6.16. The Morgan fingerprint density at radius 2 is 1.76 bits per heavy atom. The van der Waals surface area contributed by atoms with E-state index in [1.54, 1.807) is 20.3 Å². The van der Waals surface area contributed by atoms with Gasteiger partial charge in [-0.15, -0.1) is 0 Å². The monoisotopic (exact) mass is 759 g/mol. The van der Waals surface area contributed by atoms with Crippen molar-refractivity contribution in [3.63, 3.8) is 0 Å². The molecule has 0 saturated heterocycles. The van der Waals surface area contributed by atoms with Crippen LogP contribution in [0.15, 0.2) is 53.2 Å². The van der Waals surface area contributed by atoms with E-state index in [2.05, 4.69) is 36.4 Å². The first-order valence-corrected chi connectivity index (χ1v) is 20.2. The van der Waals surface area contributed by atoms with E-state index in [9.17, 15) is 9.90 Å². The van der Waals surface area contributed by atoms with Crippen molar-refractivity contribution < 1.29 is 28.8 Å². The van der Waals surface area contributed by atoms with Gasteiger partial charge in [-0.25, -0.2) is 4.99 Å². The van der Waals surface area contributed by atoms with Gasteiger partial charge >= 0.3 is 0 Å². The number of ether oxygens (including phenoxy) is 4. The standard InChI is InChI=1S/C44H65N5O6/c1-27(2)31-24-30(54-20-12-19-49(7)18-11-17-46-6)15-16-33(31)47-34(39-35(52-8)13-10-14-36(39)53-9)25-32(45)40(50)48-44(41(51)55-42(3,4)5)37-22-28-21-29-23-38(44)43(29,37)26-28/h10,13-16,24-25,27-29,37-38,41,46,51H,11-12,17-23,26,45H2,1-9H3,(H,48,50). The van der Waals surface area contributed by atoms with Crippen molar-refractivity contribution in [2.24, 2.45) is 39.8 Å². The average Bonchev–Trinajstić information content (AvgIpc) is 3.67. The van der Waals surface area contributed by atoms with Gasteiger partial charge in [-0.05, 0) is 163 Å². The van der Waals surface area contributed by atoms with Gasteiger partial charge in [-0.3, -0.25) is 4.79 Å². The van der Waals surface area contributed by atoms with Gasteiger partial charge in [0.2, 0.25) is 0 Å². The lowest BCUT2D eigenvalue weighted by Crippen LogP contribution is -2.85. The second-order valence-electron chi connectivity index (χ2n) is 17.6. The topological polar surface area (TPSA) is 140 Å². The fourth-order valence-corrected chi connectivity index (χ4v) is 10.5. The molecule has 2 bridgehead atoms. The maximum atomic E-state index is 14.3. The number of nitrogens with two attached hydrogens (primary N) is 1. The molecular formula is C44H65N5O6. The van der Waals surface area contributed by atoms with E-state index in [0.29, 0.717) is 46.9 Å². The fourth-order valence-electron chi connectivity index (χ4n) is 10.5. The second kappa shape index (κ2) is 16.5. The first-order chi connectivity index (χ1) is 26.2. The summed E-state index contributed by atoms with van der Waals surface area (Å²) in [5, 5.41) is 18.3. The number of rotatable bonds is 19. The van der Waals surface area contributed by atoms with Crippen molar-refractivity contribution in [1.29, 1.82) is 0 Å². The number of hydrogen-bond donors (Lipinski definition) is 4. The Kier molecular flexibility index (Phi) is 12.3. The highest BCUT2D eigenvalue weighted by atomic mass is 16.6. The van der Waals surface area contributed by atoms with Gasteiger partial charge in [-0.2, -0.15) is 0 Å². The Hall–Kier alpha value is -3.64. The van der Waals surface area contributed by atoms with Crippen LogP contribution in [-0.2, 0) is 9.53 Å². The average molecular weight is 760 g/mol. The van der Waals surface area contributed by atoms with Crippen LogP contribution in [0.5, 0.6) is 17.2 Å². The number of carbonyl (C=O) groups excluding carboxylic acids is 1. The molecular weight excluding hydrogens is 695 g/mol. The quantitative estimate of drug-likeness (QED) is 0.0575. The number of allylic oxidation sites excluding steroid dienone is 1. The predicted octanol–water partition coefficient (Wildman–Crippen LogP) is 6.16. The van der Waals surface area contributed by atoms with Crippen LogP contribution in [0.3, 0.4) is 0 Å². The molecule has 0 aliphatic heterocycles. The fraction of sp³-hybridized carbons (Fsp3) is 0.636. The number of hydrogen-bond acceptors (Lipinski definition) is 10. The van der Waals surface area contributed by atoms with Crippen LogP contribution in [0.4, 0.5) is 5.69 Å². The summed E-state index contributed by atoms with van der Waals surface area (Å²) in [7, 11) is 7.31. The molecule has 7 atom stereocenters. The number of nitrogens with one attached hydrogen (secondary N) is 2. The number of fused-ring (bicyclic) bond motifs is 1. The highest BCUT2D eigenvalue weighted by Gasteiger charge is 2.85. The molecule has 0 heterocycles. The molecule has 0 aromatic heterocycles. The van der Waals surface area contributed by atoms with E-state index >= 15 is 0 Å². The highest BCUT2D eigenvalue weighted by Crippen LogP contribution is 2.84. The summed E-state index contributed by atoms with van der Waals surface area (Å²) < 4.78 is 24.1. The van der Waals surface area contributed by atoms with Gasteiger partial charge in [0.15, 0.2) is 6.29 Å². The zero-order valence-electron chi connectivity index (χ0n) is 34.5. The number of aliphatic hydroxyl groups is 1. The van der Waals surface area contributed by atoms with Crippen molar-refractivity contribution in [2.75, 3.05) is 54.6 Å². The van der Waals surface area contributed by atoms with Crippen molar-refractivity contribution in [1.82, 2.24) is 15.5 Å². The Morgan fingerprint density at radius 3 is 2.40 bits per heavy atom. The van der Waals surface area contributed by atoms with Gasteiger partial charge in [0.1, 0.15) is 17.2 Å². The number of aliphatic hydroxyl groups excluding tert-OH is 1. The molecule has 2 aromatic carbocycles. The SMILES string of the molecule is CNCCCN(C)CCCOc1ccc(N=C(C=C(N)C(=O)NC2(C(O)OC(C)(C)C)C3CC4CC5CC2C53C4)c2c(OC)cccc2OC)c(C(C)C)c1. The molecule has 55 heavy (non-hydrogen) atoms. The number of amides is 1. The zero-order valence-corrected chi connectivity index (χ0v) is 34.5. The summed E-state index contributed by atoms with van der Waals surface area (Å²) in [6, 6.07) is 11.4. The van der Waals surface area contributed by atoms with E-state index in [0.717, 1.165) is 56.6 Å². The molecule has 7 unspecified atom stereocenters. The summed E-state index contributed by atoms with van der Waals surface area (Å²) in [6.45, 7) is 13.7. The Bertz CT molecular complexity index is 1730. The molecule has 1 spiro atoms. The predicted molar refractivity (Wildman–Crippen MR) is 217 cm³/mol. The van der Waals surface area contributed by atoms with E-state index in [1.807, 2.05) is 64.2 Å². The normalized spacial score (nSPS) is 27.4. The van der Waals surface area contributed by atoms with Gasteiger partial charge in [0.05, 0.1) is 54.6 Å². The Morgan fingerprint density at radius 1 is 1.07 bits per heavy atom. The molecule has 4 aliphatic carbocycles. The lowest BCUT2D eigenvalue weighted by Gasteiger charge is -2.77. The maximum absolute atomic E-state index is 14.3. The van der Waals surface area contributed by atoms with Crippen LogP contribution in [0, 0.1) is 29.1 Å². The van der Waals surface area contributed by atoms with Crippen molar-refractivity contribution in [3.05, 3.63) is 59.3 Å². The summed E-state index contributed by atoms with van der Waals surface area (Å²) in [5.41, 5.74) is 8.10. The number of benzene rings is 2. The lowest BCUT2D eigenvalue weighted by molar-refractivity contribution is -0.336. The van der Waals surface area contributed by atoms with Crippen LogP contribution in [0.25, 0.3) is 0 Å². The third-order valence-electron chi connectivity index (χ3n) is 12.8. The molecule has 4 aliphatic rings. The van der Waals surface area contributed by atoms with E-state index in [4.69, 9.17) is 29.7 Å². The van der Waals surface area contributed by atoms with Gasteiger partial charge in [0, 0.05) is 6.54 Å². The minimum atomic E-state index is -1.16. The van der Waals surface area contributed by atoms with E-state index in [1.165, 1.54) is 12.8 Å². The number of nitrogens with zero attached hydrogens (tertiary/aromatic N) is 2. The smallest absolute Gasteiger partial charge is 0.267 e. The van der Waals surface area contributed by atoms with Crippen LogP contribution in [0.1, 0.15) is 90.2 Å². The Balaban J connectivity index is 1.30. The Labute approximate surface area is 328 Å². The minimum Gasteiger partial charge on any atom is -0.496 e. The van der Waals surface area contributed by atoms with Crippen molar-refractivity contribution in [2.45, 2.75) is 96.5 Å². The molecule has 11 nitrogen and oxygen atoms in total. The van der Waals surface area contributed by atoms with Crippen LogP contribution < -0.4 is 30.6 Å². The maximum Gasteiger partial charge on any atom is 0.267 e. The van der Waals surface area contributed by atoms with Crippen LogP contribution in [-0.4, -0.2) is 93.6 Å². The van der Waals surface area contributed by atoms with Gasteiger partial charge < -0.3 is 45.3 Å². The van der Waals surface area contributed by atoms with Crippen LogP contribution in [0.2, 0.25) is 0 Å². The van der Waals surface area contributed by atoms with Crippen molar-refractivity contribution in [3.8, 4) is 17.2 Å².